The van der Waals surface area contributed by atoms with Gasteiger partial charge in [0.15, 0.2) is 11.0 Å². The van der Waals surface area contributed by atoms with Crippen LogP contribution in [0.2, 0.25) is 0 Å². The monoisotopic (exact) mass is 572 g/mol. The number of thiophene rings is 2. The summed E-state index contributed by atoms with van der Waals surface area (Å²) in [5.41, 5.74) is 1.60. The van der Waals surface area contributed by atoms with Crippen LogP contribution in [0.4, 0.5) is 5.00 Å². The Bertz CT molecular complexity index is 1470. The summed E-state index contributed by atoms with van der Waals surface area (Å²) in [5, 5.41) is 15.7. The Balaban J connectivity index is 1.54. The first-order valence-corrected chi connectivity index (χ1v) is 14.9. The van der Waals surface area contributed by atoms with E-state index < -0.39 is 11.9 Å². The molecule has 3 heterocycles. The lowest BCUT2D eigenvalue weighted by molar-refractivity contribution is -0.113. The van der Waals surface area contributed by atoms with E-state index in [1.165, 1.54) is 16.5 Å². The van der Waals surface area contributed by atoms with Gasteiger partial charge in [0.05, 0.1) is 24.5 Å². The molecule has 1 N–H and O–H groups in total. The maximum atomic E-state index is 13.0. The molecule has 3 aromatic heterocycles. The number of amides is 1. The highest BCUT2D eigenvalue weighted by molar-refractivity contribution is 7.99. The molecule has 4 aromatic rings. The molecule has 0 fully saturated rings. The second-order valence-electron chi connectivity index (χ2n) is 8.14. The lowest BCUT2D eigenvalue weighted by Gasteiger charge is -2.09. The third-order valence-electron chi connectivity index (χ3n) is 5.56. The number of anilines is 1. The van der Waals surface area contributed by atoms with Gasteiger partial charge < -0.3 is 19.4 Å². The van der Waals surface area contributed by atoms with Crippen LogP contribution in [0.25, 0.3) is 21.5 Å². The van der Waals surface area contributed by atoms with Crippen LogP contribution in [0.15, 0.2) is 34.8 Å². The minimum Gasteiger partial charge on any atom is -0.462 e. The second-order valence-corrected chi connectivity index (χ2v) is 11.0. The average molecular weight is 573 g/mol. The maximum absolute atomic E-state index is 13.0. The minimum atomic E-state index is -0.602. The van der Waals surface area contributed by atoms with Gasteiger partial charge in [-0.1, -0.05) is 36.9 Å². The van der Waals surface area contributed by atoms with Crippen molar-refractivity contribution in [2.24, 2.45) is 0 Å². The van der Waals surface area contributed by atoms with Gasteiger partial charge in [0.25, 0.3) is 0 Å². The van der Waals surface area contributed by atoms with Crippen molar-refractivity contribution in [2.45, 2.75) is 45.8 Å². The lowest BCUT2D eigenvalue weighted by atomic mass is 10.1. The van der Waals surface area contributed by atoms with Crippen LogP contribution in [-0.2, 0) is 20.8 Å². The summed E-state index contributed by atoms with van der Waals surface area (Å²) in [6, 6.07) is 8.16. The third kappa shape index (κ3) is 5.77. The number of carbonyl (C=O) groups is 3. The van der Waals surface area contributed by atoms with E-state index in [1.807, 2.05) is 16.7 Å². The third-order valence-corrected chi connectivity index (χ3v) is 8.68. The second kappa shape index (κ2) is 12.5. The molecule has 0 spiro atoms. The van der Waals surface area contributed by atoms with Crippen LogP contribution in [-0.4, -0.2) is 51.6 Å². The Labute approximate surface area is 232 Å². The van der Waals surface area contributed by atoms with E-state index in [1.54, 1.807) is 32.1 Å². The van der Waals surface area contributed by atoms with E-state index in [0.717, 1.165) is 34.5 Å². The molecule has 4 rings (SSSR count). The normalized spacial score (nSPS) is 11.1. The summed E-state index contributed by atoms with van der Waals surface area (Å²) in [6.07, 6.45) is 0.876. The van der Waals surface area contributed by atoms with Crippen molar-refractivity contribution < 1.29 is 23.9 Å². The van der Waals surface area contributed by atoms with Crippen LogP contribution in [0, 0.1) is 6.92 Å². The lowest BCUT2D eigenvalue weighted by Crippen LogP contribution is -2.17. The molecular formula is C26H28N4O5S3. The summed E-state index contributed by atoms with van der Waals surface area (Å²) >= 11 is 3.93. The fourth-order valence-electron chi connectivity index (χ4n) is 3.91. The summed E-state index contributed by atoms with van der Waals surface area (Å²) in [4.78, 5) is 38.2. The number of fused-ring (bicyclic) bond motifs is 1. The van der Waals surface area contributed by atoms with Gasteiger partial charge in [-0.2, -0.15) is 0 Å². The van der Waals surface area contributed by atoms with Crippen LogP contribution < -0.4 is 5.32 Å². The molecule has 9 nitrogen and oxygen atoms in total. The maximum Gasteiger partial charge on any atom is 0.348 e. The SMILES string of the molecule is CCCn1c(SCC(=O)Nc2sc(C(=O)OCC)c(C)c2C(=O)OCC)nnc1-c1csc2ccccc12. The molecule has 0 saturated carbocycles. The highest BCUT2D eigenvalue weighted by Gasteiger charge is 2.27. The molecular weight excluding hydrogens is 545 g/mol. The fourth-order valence-corrected chi connectivity index (χ4v) is 6.71. The van der Waals surface area contributed by atoms with E-state index in [4.69, 9.17) is 9.47 Å². The molecule has 38 heavy (non-hydrogen) atoms. The number of benzene rings is 1. The van der Waals surface area contributed by atoms with Crippen molar-refractivity contribution in [3.63, 3.8) is 0 Å². The van der Waals surface area contributed by atoms with Crippen LogP contribution in [0.3, 0.4) is 0 Å². The number of nitrogens with one attached hydrogen (secondary N) is 1. The van der Waals surface area contributed by atoms with Crippen molar-refractivity contribution in [1.29, 1.82) is 0 Å². The molecule has 0 unspecified atom stereocenters. The number of ether oxygens (including phenoxy) is 2. The standard InChI is InChI=1S/C26H28N4O5S3/c1-5-12-30-22(17-13-36-18-11-9-8-10-16(17)18)28-29-26(30)37-14-19(31)27-23-20(24(32)34-6-2)15(4)21(38-23)25(33)35-7-3/h8-11,13H,5-7,12,14H2,1-4H3,(H,27,31). The number of thioether (sulfide) groups is 1. The zero-order chi connectivity index (χ0) is 27.2. The van der Waals surface area contributed by atoms with Gasteiger partial charge in [-0.25, -0.2) is 9.59 Å². The van der Waals surface area contributed by atoms with Crippen LogP contribution >= 0.6 is 34.4 Å². The Morgan fingerprint density at radius 1 is 1.05 bits per heavy atom. The first-order chi connectivity index (χ1) is 18.4. The number of hydrogen-bond donors (Lipinski definition) is 1. The number of aromatic nitrogens is 3. The first kappa shape index (κ1) is 27.8. The van der Waals surface area contributed by atoms with Crippen molar-refractivity contribution in [1.82, 2.24) is 14.8 Å². The molecule has 0 aliphatic rings. The average Bonchev–Trinajstić information content (AvgIpc) is 3.58. The molecule has 1 amide bonds. The predicted molar refractivity (Wildman–Crippen MR) is 151 cm³/mol. The smallest absolute Gasteiger partial charge is 0.348 e. The number of carbonyl (C=O) groups excluding carboxylic acids is 3. The Morgan fingerprint density at radius 3 is 2.53 bits per heavy atom. The predicted octanol–water partition coefficient (Wildman–Crippen LogP) is 6.02. The molecule has 0 aliphatic carbocycles. The highest BCUT2D eigenvalue weighted by atomic mass is 32.2. The van der Waals surface area contributed by atoms with Crippen molar-refractivity contribution in [2.75, 3.05) is 24.3 Å². The Morgan fingerprint density at radius 2 is 1.79 bits per heavy atom. The van der Waals surface area contributed by atoms with Crippen molar-refractivity contribution in [3.05, 3.63) is 45.6 Å². The zero-order valence-electron chi connectivity index (χ0n) is 21.5. The van der Waals surface area contributed by atoms with Gasteiger partial charge in [0.1, 0.15) is 9.88 Å². The molecule has 1 aromatic carbocycles. The summed E-state index contributed by atoms with van der Waals surface area (Å²) in [6.45, 7) is 8.19. The molecule has 0 aliphatic heterocycles. The van der Waals surface area contributed by atoms with Crippen LogP contribution in [0.1, 0.15) is 52.8 Å². The molecule has 0 radical (unpaired) electrons. The summed E-state index contributed by atoms with van der Waals surface area (Å²) in [5.74, 6) is -0.678. The minimum absolute atomic E-state index is 0.0419. The van der Waals surface area contributed by atoms with Crippen molar-refractivity contribution >= 4 is 67.4 Å². The van der Waals surface area contributed by atoms with E-state index in [9.17, 15) is 14.4 Å². The molecule has 200 valence electrons. The molecule has 0 bridgehead atoms. The topological polar surface area (TPSA) is 112 Å². The van der Waals surface area contributed by atoms with E-state index >= 15 is 0 Å². The van der Waals surface area contributed by atoms with Gasteiger partial charge in [0, 0.05) is 27.6 Å². The van der Waals surface area contributed by atoms with Crippen LogP contribution in [0.5, 0.6) is 0 Å². The molecule has 0 saturated heterocycles. The Hall–Kier alpha value is -3.22. The van der Waals surface area contributed by atoms with Gasteiger partial charge in [-0.05, 0) is 38.8 Å². The Kier molecular flexibility index (Phi) is 9.18. The van der Waals surface area contributed by atoms with Gasteiger partial charge in [-0.15, -0.1) is 32.9 Å². The van der Waals surface area contributed by atoms with Gasteiger partial charge in [-0.3, -0.25) is 4.79 Å². The number of esters is 2. The zero-order valence-corrected chi connectivity index (χ0v) is 24.0. The highest BCUT2D eigenvalue weighted by Crippen LogP contribution is 2.36. The summed E-state index contributed by atoms with van der Waals surface area (Å²) in [7, 11) is 0. The summed E-state index contributed by atoms with van der Waals surface area (Å²) < 4.78 is 13.5. The number of rotatable bonds is 11. The first-order valence-electron chi connectivity index (χ1n) is 12.2. The number of nitrogens with zero attached hydrogens (tertiary/aromatic N) is 3. The number of hydrogen-bond acceptors (Lipinski definition) is 10. The van der Waals surface area contributed by atoms with E-state index in [0.29, 0.717) is 17.3 Å². The molecule has 0 atom stereocenters. The quantitative estimate of drug-likeness (QED) is 0.171. The molecule has 12 heteroatoms. The fraction of sp³-hybridized carbons (Fsp3) is 0.346. The van der Waals surface area contributed by atoms with Gasteiger partial charge >= 0.3 is 11.9 Å². The van der Waals surface area contributed by atoms with E-state index in [-0.39, 0.29) is 40.3 Å². The van der Waals surface area contributed by atoms with E-state index in [2.05, 4.69) is 40.0 Å². The largest absolute Gasteiger partial charge is 0.462 e. The van der Waals surface area contributed by atoms with Gasteiger partial charge in [0.2, 0.25) is 5.91 Å². The van der Waals surface area contributed by atoms with Crippen molar-refractivity contribution in [3.8, 4) is 11.4 Å².